The summed E-state index contributed by atoms with van der Waals surface area (Å²) in [6.07, 6.45) is 2.27. The summed E-state index contributed by atoms with van der Waals surface area (Å²) in [5.74, 6) is 0. The smallest absolute Gasteiger partial charge is 0.124 e. The van der Waals surface area contributed by atoms with Crippen LogP contribution >= 0.6 is 11.3 Å². The Bertz CT molecular complexity index is 749. The molecule has 0 fully saturated rings. The summed E-state index contributed by atoms with van der Waals surface area (Å²) < 4.78 is 1.34. The molecule has 0 saturated carbocycles. The average Bonchev–Trinajstić information content (AvgIpc) is 2.89. The van der Waals surface area contributed by atoms with Crippen molar-refractivity contribution < 1.29 is 0 Å². The van der Waals surface area contributed by atoms with Gasteiger partial charge in [-0.1, -0.05) is 17.7 Å². The number of fused-ring (bicyclic) bond motifs is 1. The first-order valence-electron chi connectivity index (χ1n) is 6.36. The van der Waals surface area contributed by atoms with E-state index in [1.807, 2.05) is 24.3 Å². The Morgan fingerprint density at radius 3 is 2.42 bits per heavy atom. The van der Waals surface area contributed by atoms with Crippen molar-refractivity contribution in [2.75, 3.05) is 0 Å². The molecule has 0 saturated heterocycles. The Kier molecular flexibility index (Phi) is 2.96. The van der Waals surface area contributed by atoms with Crippen LogP contribution in [0.25, 0.3) is 21.7 Å². The molecule has 0 spiro atoms. The van der Waals surface area contributed by atoms with Crippen molar-refractivity contribution >= 4 is 22.5 Å². The third-order valence-corrected chi connectivity index (χ3v) is 4.82. The van der Waals surface area contributed by atoms with Gasteiger partial charge in [0.05, 0.1) is 21.5 Å². The predicted molar refractivity (Wildman–Crippen MR) is 78.9 cm³/mol. The van der Waals surface area contributed by atoms with E-state index in [2.05, 4.69) is 19.9 Å². The number of benzene rings is 1. The standard InChI is InChI=1S/C16H14N2S/c1-10-3-4-11(2)15-14(10)18-16(19-15)13-7-5-12(9-17)6-8-13/h5-8H,3-4H2,1-2H3. The Morgan fingerprint density at radius 2 is 1.79 bits per heavy atom. The fraction of sp³-hybridized carbons (Fsp3) is 0.250. The van der Waals surface area contributed by atoms with Crippen LogP contribution in [0.15, 0.2) is 24.3 Å². The summed E-state index contributed by atoms with van der Waals surface area (Å²) in [6.45, 7) is 4.37. The number of hydrogen-bond donors (Lipinski definition) is 0. The fourth-order valence-corrected chi connectivity index (χ4v) is 3.49. The molecule has 1 aromatic carbocycles. The maximum atomic E-state index is 8.83. The monoisotopic (exact) mass is 266 g/mol. The zero-order valence-corrected chi connectivity index (χ0v) is 11.8. The van der Waals surface area contributed by atoms with Gasteiger partial charge in [-0.15, -0.1) is 11.3 Å². The van der Waals surface area contributed by atoms with Crippen molar-refractivity contribution in [2.45, 2.75) is 26.7 Å². The lowest BCUT2D eigenvalue weighted by atomic mass is 10.0. The quantitative estimate of drug-likeness (QED) is 0.796. The minimum atomic E-state index is 0.690. The van der Waals surface area contributed by atoms with Crippen LogP contribution in [0.2, 0.25) is 0 Å². The SMILES string of the molecule is CC1=c2nc(-c3ccc(C#N)cc3)sc2=C(C)CC1. The van der Waals surface area contributed by atoms with E-state index in [9.17, 15) is 0 Å². The summed E-state index contributed by atoms with van der Waals surface area (Å²) >= 11 is 1.76. The molecule has 94 valence electrons. The summed E-state index contributed by atoms with van der Waals surface area (Å²) in [7, 11) is 0. The van der Waals surface area contributed by atoms with E-state index in [4.69, 9.17) is 10.2 Å². The highest BCUT2D eigenvalue weighted by molar-refractivity contribution is 7.13. The van der Waals surface area contributed by atoms with Crippen LogP contribution in [0.5, 0.6) is 0 Å². The van der Waals surface area contributed by atoms with Crippen molar-refractivity contribution in [3.05, 3.63) is 39.7 Å². The van der Waals surface area contributed by atoms with Crippen molar-refractivity contribution in [1.82, 2.24) is 4.98 Å². The molecule has 1 aliphatic rings. The van der Waals surface area contributed by atoms with Gasteiger partial charge in [0.15, 0.2) is 0 Å². The Balaban J connectivity index is 2.19. The summed E-state index contributed by atoms with van der Waals surface area (Å²) in [6, 6.07) is 9.80. The van der Waals surface area contributed by atoms with E-state index in [0.717, 1.165) is 23.4 Å². The van der Waals surface area contributed by atoms with Crippen LogP contribution < -0.4 is 9.88 Å². The number of rotatable bonds is 1. The molecule has 1 aromatic heterocycles. The molecular formula is C16H14N2S. The molecular weight excluding hydrogens is 252 g/mol. The maximum absolute atomic E-state index is 8.83. The zero-order valence-electron chi connectivity index (χ0n) is 11.0. The summed E-state index contributed by atoms with van der Waals surface area (Å²) in [4.78, 5) is 4.79. The van der Waals surface area contributed by atoms with Gasteiger partial charge in [0.25, 0.3) is 0 Å². The number of aromatic nitrogens is 1. The first-order chi connectivity index (χ1) is 9.19. The van der Waals surface area contributed by atoms with Crippen LogP contribution in [-0.4, -0.2) is 4.98 Å². The predicted octanol–water partition coefficient (Wildman–Crippen LogP) is 2.82. The number of nitriles is 1. The van der Waals surface area contributed by atoms with Gasteiger partial charge in [0.2, 0.25) is 0 Å². The van der Waals surface area contributed by atoms with Crippen LogP contribution in [-0.2, 0) is 0 Å². The molecule has 1 aliphatic carbocycles. The highest BCUT2D eigenvalue weighted by Gasteiger charge is 2.11. The molecule has 0 unspecified atom stereocenters. The van der Waals surface area contributed by atoms with Gasteiger partial charge in [-0.3, -0.25) is 0 Å². The van der Waals surface area contributed by atoms with Gasteiger partial charge < -0.3 is 0 Å². The topological polar surface area (TPSA) is 36.7 Å². The molecule has 3 heteroatoms. The Morgan fingerprint density at radius 1 is 1.11 bits per heavy atom. The third-order valence-electron chi connectivity index (χ3n) is 3.55. The lowest BCUT2D eigenvalue weighted by Gasteiger charge is -2.05. The molecule has 0 amide bonds. The molecule has 0 atom stereocenters. The molecule has 0 aliphatic heterocycles. The number of nitrogens with zero attached hydrogens (tertiary/aromatic N) is 2. The first-order valence-corrected chi connectivity index (χ1v) is 7.17. The lowest BCUT2D eigenvalue weighted by molar-refractivity contribution is 1.01. The average molecular weight is 266 g/mol. The first kappa shape index (κ1) is 12.1. The number of hydrogen-bond acceptors (Lipinski definition) is 3. The molecule has 19 heavy (non-hydrogen) atoms. The van der Waals surface area contributed by atoms with Crippen LogP contribution in [0.4, 0.5) is 0 Å². The van der Waals surface area contributed by atoms with Crippen LogP contribution in [0.3, 0.4) is 0 Å². The largest absolute Gasteiger partial charge is 0.236 e. The molecule has 0 radical (unpaired) electrons. The van der Waals surface area contributed by atoms with Crippen molar-refractivity contribution in [1.29, 1.82) is 5.26 Å². The van der Waals surface area contributed by atoms with E-state index < -0.39 is 0 Å². The van der Waals surface area contributed by atoms with E-state index in [-0.39, 0.29) is 0 Å². The van der Waals surface area contributed by atoms with E-state index in [1.54, 1.807) is 11.3 Å². The van der Waals surface area contributed by atoms with Crippen molar-refractivity contribution in [3.8, 4) is 16.6 Å². The van der Waals surface area contributed by atoms with Crippen molar-refractivity contribution in [2.24, 2.45) is 0 Å². The van der Waals surface area contributed by atoms with Gasteiger partial charge in [-0.25, -0.2) is 4.98 Å². The molecule has 1 heterocycles. The van der Waals surface area contributed by atoms with Gasteiger partial charge in [0.1, 0.15) is 5.01 Å². The normalized spacial score (nSPS) is 14.2. The fourth-order valence-electron chi connectivity index (χ4n) is 2.32. The molecule has 0 N–H and O–H groups in total. The van der Waals surface area contributed by atoms with Gasteiger partial charge in [-0.2, -0.15) is 5.26 Å². The Hall–Kier alpha value is -1.92. The Labute approximate surface area is 116 Å². The highest BCUT2D eigenvalue weighted by atomic mass is 32.1. The molecule has 2 aromatic rings. The minimum absolute atomic E-state index is 0.690. The molecule has 3 rings (SSSR count). The lowest BCUT2D eigenvalue weighted by Crippen LogP contribution is -2.28. The van der Waals surface area contributed by atoms with Gasteiger partial charge >= 0.3 is 0 Å². The number of thiazole rings is 1. The van der Waals surface area contributed by atoms with E-state index in [0.29, 0.717) is 5.56 Å². The second-order valence-electron chi connectivity index (χ2n) is 4.95. The summed E-state index contributed by atoms with van der Waals surface area (Å²) in [5, 5.41) is 11.1. The highest BCUT2D eigenvalue weighted by Crippen LogP contribution is 2.21. The summed E-state index contributed by atoms with van der Waals surface area (Å²) in [5.41, 5.74) is 4.62. The van der Waals surface area contributed by atoms with Crippen LogP contribution in [0.1, 0.15) is 32.3 Å². The maximum Gasteiger partial charge on any atom is 0.124 e. The third kappa shape index (κ3) is 2.09. The van der Waals surface area contributed by atoms with Crippen LogP contribution in [0, 0.1) is 11.3 Å². The second-order valence-corrected chi connectivity index (χ2v) is 5.95. The van der Waals surface area contributed by atoms with Crippen molar-refractivity contribution in [3.63, 3.8) is 0 Å². The van der Waals surface area contributed by atoms with E-state index >= 15 is 0 Å². The zero-order chi connectivity index (χ0) is 13.4. The van der Waals surface area contributed by atoms with Gasteiger partial charge in [0, 0.05) is 5.56 Å². The van der Waals surface area contributed by atoms with Gasteiger partial charge in [-0.05, 0) is 44.4 Å². The minimum Gasteiger partial charge on any atom is -0.236 e. The molecule has 2 nitrogen and oxygen atoms in total. The second kappa shape index (κ2) is 4.64. The van der Waals surface area contributed by atoms with E-state index in [1.165, 1.54) is 21.0 Å². The molecule has 0 bridgehead atoms.